The lowest BCUT2D eigenvalue weighted by Crippen LogP contribution is -2.46. The summed E-state index contributed by atoms with van der Waals surface area (Å²) in [5.74, 6) is 0. The second-order valence-corrected chi connectivity index (χ2v) is 6.62. The molecular formula is C19H29NO2. The molecule has 0 aliphatic carbocycles. The van der Waals surface area contributed by atoms with E-state index >= 15 is 0 Å². The monoisotopic (exact) mass is 303 g/mol. The fraction of sp³-hybridized carbons (Fsp3) is 0.579. The minimum atomic E-state index is 0.0152. The number of hydrogen-bond donors (Lipinski definition) is 1. The fourth-order valence-corrected chi connectivity index (χ4v) is 3.41. The van der Waals surface area contributed by atoms with Crippen molar-refractivity contribution in [2.75, 3.05) is 40.0 Å². The van der Waals surface area contributed by atoms with Crippen LogP contribution in [-0.2, 0) is 4.74 Å². The maximum Gasteiger partial charge on any atom is 0.0500 e. The summed E-state index contributed by atoms with van der Waals surface area (Å²) in [5, 5.41) is 9.86. The van der Waals surface area contributed by atoms with Crippen LogP contribution < -0.4 is 0 Å². The van der Waals surface area contributed by atoms with Gasteiger partial charge in [0.1, 0.15) is 0 Å². The lowest BCUT2D eigenvalue weighted by Gasteiger charge is -2.42. The van der Waals surface area contributed by atoms with Gasteiger partial charge in [-0.15, -0.1) is 0 Å². The predicted molar refractivity (Wildman–Crippen MR) is 91.8 cm³/mol. The molecule has 0 saturated carbocycles. The number of hydrogen-bond acceptors (Lipinski definition) is 3. The third-order valence-corrected chi connectivity index (χ3v) is 4.60. The number of piperidine rings is 1. The second kappa shape index (κ2) is 8.47. The van der Waals surface area contributed by atoms with Gasteiger partial charge in [0, 0.05) is 32.2 Å². The Hall–Kier alpha value is -1.16. The van der Waals surface area contributed by atoms with E-state index in [1.165, 1.54) is 11.1 Å². The van der Waals surface area contributed by atoms with Gasteiger partial charge in [-0.25, -0.2) is 0 Å². The standard InChI is InChI=1S/C19H29NO2/c1-17(13-18-7-4-3-5-8-18)14-20-11-6-9-19(15-20,16-21)10-12-22-2/h3-5,7-8,13,21H,6,9-12,14-16H2,1-2H3/b17-13+/t19-/m0/s1. The van der Waals surface area contributed by atoms with E-state index in [4.69, 9.17) is 4.74 Å². The summed E-state index contributed by atoms with van der Waals surface area (Å²) in [7, 11) is 1.73. The maximum atomic E-state index is 9.86. The molecule has 1 aromatic carbocycles. The lowest BCUT2D eigenvalue weighted by atomic mass is 9.78. The van der Waals surface area contributed by atoms with Gasteiger partial charge in [-0.3, -0.25) is 4.90 Å². The molecule has 0 unspecified atom stereocenters. The molecule has 3 heteroatoms. The van der Waals surface area contributed by atoms with E-state index in [2.05, 4.69) is 42.2 Å². The van der Waals surface area contributed by atoms with Crippen LogP contribution in [0.2, 0.25) is 0 Å². The molecule has 0 aromatic heterocycles. The molecule has 1 aliphatic rings. The van der Waals surface area contributed by atoms with Crippen LogP contribution in [-0.4, -0.2) is 50.0 Å². The SMILES string of the molecule is COCC[C@@]1(CO)CCCN(C/C(C)=C/c2ccccc2)C1. The Bertz CT molecular complexity index is 472. The van der Waals surface area contributed by atoms with Gasteiger partial charge < -0.3 is 9.84 Å². The summed E-state index contributed by atoms with van der Waals surface area (Å²) in [6.07, 6.45) is 5.45. The lowest BCUT2D eigenvalue weighted by molar-refractivity contribution is 0.0108. The van der Waals surface area contributed by atoms with E-state index in [1.54, 1.807) is 7.11 Å². The summed E-state index contributed by atoms with van der Waals surface area (Å²) in [6.45, 7) is 6.24. The van der Waals surface area contributed by atoms with Crippen molar-refractivity contribution in [3.63, 3.8) is 0 Å². The number of ether oxygens (including phenoxy) is 1. The third kappa shape index (κ3) is 4.94. The van der Waals surface area contributed by atoms with E-state index in [0.29, 0.717) is 0 Å². The van der Waals surface area contributed by atoms with Crippen molar-refractivity contribution in [2.45, 2.75) is 26.2 Å². The first-order valence-corrected chi connectivity index (χ1v) is 8.22. The summed E-state index contributed by atoms with van der Waals surface area (Å²) in [5.41, 5.74) is 2.64. The highest BCUT2D eigenvalue weighted by Gasteiger charge is 2.34. The van der Waals surface area contributed by atoms with Crippen molar-refractivity contribution < 1.29 is 9.84 Å². The number of likely N-dealkylation sites (tertiary alicyclic amines) is 1. The van der Waals surface area contributed by atoms with Gasteiger partial charge in [-0.05, 0) is 38.3 Å². The highest BCUT2D eigenvalue weighted by molar-refractivity contribution is 5.52. The number of methoxy groups -OCH3 is 1. The zero-order valence-electron chi connectivity index (χ0n) is 13.9. The Kier molecular flexibility index (Phi) is 6.62. The molecule has 1 saturated heterocycles. The van der Waals surface area contributed by atoms with E-state index in [-0.39, 0.29) is 12.0 Å². The smallest absolute Gasteiger partial charge is 0.0500 e. The van der Waals surface area contributed by atoms with Crippen LogP contribution >= 0.6 is 0 Å². The number of aliphatic hydroxyl groups excluding tert-OH is 1. The zero-order valence-corrected chi connectivity index (χ0v) is 13.9. The molecular weight excluding hydrogens is 274 g/mol. The summed E-state index contributed by atoms with van der Waals surface area (Å²) < 4.78 is 5.23. The zero-order chi connectivity index (χ0) is 15.8. The number of nitrogens with zero attached hydrogens (tertiary/aromatic N) is 1. The first kappa shape index (κ1) is 17.2. The fourth-order valence-electron chi connectivity index (χ4n) is 3.41. The molecule has 2 rings (SSSR count). The molecule has 1 N–H and O–H groups in total. The Morgan fingerprint density at radius 2 is 2.14 bits per heavy atom. The van der Waals surface area contributed by atoms with Crippen molar-refractivity contribution >= 4 is 6.08 Å². The minimum absolute atomic E-state index is 0.0152. The molecule has 3 nitrogen and oxygen atoms in total. The van der Waals surface area contributed by atoms with Crippen molar-refractivity contribution in [3.05, 3.63) is 41.5 Å². The van der Waals surface area contributed by atoms with Crippen molar-refractivity contribution in [1.29, 1.82) is 0 Å². The van der Waals surface area contributed by atoms with Gasteiger partial charge in [0.15, 0.2) is 0 Å². The van der Waals surface area contributed by atoms with Gasteiger partial charge in [0.05, 0.1) is 6.61 Å². The van der Waals surface area contributed by atoms with Crippen LogP contribution in [0.4, 0.5) is 0 Å². The van der Waals surface area contributed by atoms with Gasteiger partial charge in [0.2, 0.25) is 0 Å². The molecule has 0 amide bonds. The van der Waals surface area contributed by atoms with Crippen LogP contribution in [0, 0.1) is 5.41 Å². The topological polar surface area (TPSA) is 32.7 Å². The normalized spacial score (nSPS) is 23.7. The van der Waals surface area contributed by atoms with Crippen LogP contribution in [0.5, 0.6) is 0 Å². The molecule has 0 bridgehead atoms. The van der Waals surface area contributed by atoms with Gasteiger partial charge in [-0.1, -0.05) is 42.0 Å². The molecule has 1 aliphatic heterocycles. The van der Waals surface area contributed by atoms with Gasteiger partial charge in [-0.2, -0.15) is 0 Å². The highest BCUT2D eigenvalue weighted by atomic mass is 16.5. The Labute approximate surface area is 134 Å². The van der Waals surface area contributed by atoms with Gasteiger partial charge in [0.25, 0.3) is 0 Å². The van der Waals surface area contributed by atoms with E-state index in [9.17, 15) is 5.11 Å². The Morgan fingerprint density at radius 3 is 2.82 bits per heavy atom. The predicted octanol–water partition coefficient (Wildman–Crippen LogP) is 3.20. The average molecular weight is 303 g/mol. The first-order chi connectivity index (χ1) is 10.7. The van der Waals surface area contributed by atoms with E-state index in [1.807, 2.05) is 6.07 Å². The molecule has 0 spiro atoms. The van der Waals surface area contributed by atoms with Crippen molar-refractivity contribution in [2.24, 2.45) is 5.41 Å². The van der Waals surface area contributed by atoms with Crippen LogP contribution in [0.3, 0.4) is 0 Å². The first-order valence-electron chi connectivity index (χ1n) is 8.22. The van der Waals surface area contributed by atoms with Crippen molar-refractivity contribution in [1.82, 2.24) is 4.90 Å². The van der Waals surface area contributed by atoms with Crippen molar-refractivity contribution in [3.8, 4) is 0 Å². The summed E-state index contributed by atoms with van der Waals surface area (Å²) >= 11 is 0. The molecule has 1 atom stereocenters. The third-order valence-electron chi connectivity index (χ3n) is 4.60. The average Bonchev–Trinajstić information content (AvgIpc) is 2.54. The quantitative estimate of drug-likeness (QED) is 0.839. The highest BCUT2D eigenvalue weighted by Crippen LogP contribution is 2.33. The molecule has 1 fully saturated rings. The largest absolute Gasteiger partial charge is 0.396 e. The molecule has 22 heavy (non-hydrogen) atoms. The summed E-state index contributed by atoms with van der Waals surface area (Å²) in [6, 6.07) is 10.5. The van der Waals surface area contributed by atoms with Gasteiger partial charge >= 0.3 is 0 Å². The molecule has 1 aromatic rings. The summed E-state index contributed by atoms with van der Waals surface area (Å²) in [4.78, 5) is 2.48. The second-order valence-electron chi connectivity index (χ2n) is 6.62. The Morgan fingerprint density at radius 1 is 1.36 bits per heavy atom. The number of benzene rings is 1. The Balaban J connectivity index is 1.96. The van der Waals surface area contributed by atoms with E-state index < -0.39 is 0 Å². The van der Waals surface area contributed by atoms with Crippen LogP contribution in [0.1, 0.15) is 31.7 Å². The molecule has 1 heterocycles. The molecule has 0 radical (unpaired) electrons. The van der Waals surface area contributed by atoms with Crippen LogP contribution in [0.15, 0.2) is 35.9 Å². The van der Waals surface area contributed by atoms with Crippen LogP contribution in [0.25, 0.3) is 6.08 Å². The number of aliphatic hydroxyl groups is 1. The maximum absolute atomic E-state index is 9.86. The minimum Gasteiger partial charge on any atom is -0.396 e. The number of rotatable bonds is 7. The molecule has 122 valence electrons. The van der Waals surface area contributed by atoms with E-state index in [0.717, 1.165) is 45.5 Å².